The van der Waals surface area contributed by atoms with Crippen LogP contribution in [0.5, 0.6) is 0 Å². The van der Waals surface area contributed by atoms with Crippen LogP contribution in [0.25, 0.3) is 0 Å². The fourth-order valence-corrected chi connectivity index (χ4v) is 0.298. The molecule has 1 radical (unpaired) electrons. The lowest BCUT2D eigenvalue weighted by molar-refractivity contribution is -0.148. The molecule has 0 bridgehead atoms. The van der Waals surface area contributed by atoms with Crippen LogP contribution in [0.1, 0.15) is 20.8 Å². The zero-order valence-electron chi connectivity index (χ0n) is 5.77. The van der Waals surface area contributed by atoms with E-state index in [2.05, 4.69) is 4.74 Å². The van der Waals surface area contributed by atoms with Gasteiger partial charge in [0, 0.05) is 0 Å². The van der Waals surface area contributed by atoms with Crippen LogP contribution < -0.4 is 0 Å². The van der Waals surface area contributed by atoms with Gasteiger partial charge in [0.15, 0.2) is 0 Å². The lowest BCUT2D eigenvalue weighted by Gasteiger charge is -2.13. The van der Waals surface area contributed by atoms with E-state index in [-0.39, 0.29) is 5.97 Å². The molecule has 0 aliphatic rings. The van der Waals surface area contributed by atoms with E-state index in [4.69, 9.17) is 11.6 Å². The van der Waals surface area contributed by atoms with Gasteiger partial charge in [-0.05, 0) is 20.8 Å². The molecule has 0 saturated carbocycles. The molecule has 0 rings (SSSR count). The van der Waals surface area contributed by atoms with Crippen molar-refractivity contribution in [3.05, 3.63) is 6.07 Å². The Labute approximate surface area is 60.1 Å². The highest BCUT2D eigenvalue weighted by atomic mass is 35.5. The van der Waals surface area contributed by atoms with Crippen LogP contribution in [-0.4, -0.2) is 5.97 Å². The van der Waals surface area contributed by atoms with E-state index in [0.29, 0.717) is 0 Å². The summed E-state index contributed by atoms with van der Waals surface area (Å²) in [5.74, 6) is -0.322. The first kappa shape index (κ1) is 8.76. The molecule has 2 nitrogen and oxygen atoms in total. The minimum Gasteiger partial charge on any atom is -0.440 e. The Kier molecular flexibility index (Phi) is 2.98. The Morgan fingerprint density at radius 2 is 2.00 bits per heavy atom. The summed E-state index contributed by atoms with van der Waals surface area (Å²) in [6.45, 7) is 5.28. The summed E-state index contributed by atoms with van der Waals surface area (Å²) in [5.41, 5.74) is -0.467. The molecule has 0 N–H and O–H groups in total. The van der Waals surface area contributed by atoms with Gasteiger partial charge in [-0.2, -0.15) is 0 Å². The fourth-order valence-electron chi connectivity index (χ4n) is 0.217. The average molecular weight is 150 g/mol. The molecule has 0 fully saturated rings. The van der Waals surface area contributed by atoms with Gasteiger partial charge in [-0.25, -0.2) is 0 Å². The Hall–Kier alpha value is -0.240. The predicted molar refractivity (Wildman–Crippen MR) is 35.7 cm³/mol. The van der Waals surface area contributed by atoms with Gasteiger partial charge in [-0.1, -0.05) is 11.6 Å². The van der Waals surface area contributed by atoms with Gasteiger partial charge in [0.05, 0.1) is 5.41 Å². The number of halogens is 1. The smallest absolute Gasteiger partial charge is 0.312 e. The summed E-state index contributed by atoms with van der Waals surface area (Å²) in [6, 6.07) is 0.869. The molecule has 0 aromatic carbocycles. The number of rotatable bonds is 1. The summed E-state index contributed by atoms with van der Waals surface area (Å²) in [5, 5.41) is 0. The third-order valence-corrected chi connectivity index (χ3v) is 0.853. The quantitative estimate of drug-likeness (QED) is 0.533. The number of ether oxygens (including phenoxy) is 1. The molecule has 0 aromatic heterocycles. The van der Waals surface area contributed by atoms with Crippen LogP contribution >= 0.6 is 11.6 Å². The average Bonchev–Trinajstić information content (AvgIpc) is 1.64. The highest BCUT2D eigenvalue weighted by Crippen LogP contribution is 2.15. The summed E-state index contributed by atoms with van der Waals surface area (Å²) in [6.07, 6.45) is 0. The molecular weight excluding hydrogens is 140 g/mol. The van der Waals surface area contributed by atoms with E-state index in [1.54, 1.807) is 20.8 Å². The van der Waals surface area contributed by atoms with Crippen molar-refractivity contribution in [2.45, 2.75) is 20.8 Å². The molecule has 0 aliphatic carbocycles. The normalized spacial score (nSPS) is 11.1. The summed E-state index contributed by atoms with van der Waals surface area (Å²) in [4.78, 5) is 10.7. The molecule has 0 unspecified atom stereocenters. The van der Waals surface area contributed by atoms with Gasteiger partial charge >= 0.3 is 5.97 Å². The molecule has 0 amide bonds. The standard InChI is InChI=1S/C6H10ClO2/c1-6(2,3)5(8)9-4-7/h4H,1-3H3. The Morgan fingerprint density at radius 1 is 1.56 bits per heavy atom. The lowest BCUT2D eigenvalue weighted by atomic mass is 9.98. The summed E-state index contributed by atoms with van der Waals surface area (Å²) >= 11 is 5.03. The first-order chi connectivity index (χ1) is 3.98. The SMILES string of the molecule is CC(C)(C)C(=O)O[CH]Cl. The van der Waals surface area contributed by atoms with Gasteiger partial charge in [-0.15, -0.1) is 0 Å². The lowest BCUT2D eigenvalue weighted by Crippen LogP contribution is -2.21. The number of carbonyl (C=O) groups excluding carboxylic acids is 1. The minimum absolute atomic E-state index is 0.322. The van der Waals surface area contributed by atoms with Crippen molar-refractivity contribution in [1.29, 1.82) is 0 Å². The number of hydrogen-bond acceptors (Lipinski definition) is 2. The molecule has 3 heteroatoms. The molecule has 0 spiro atoms. The van der Waals surface area contributed by atoms with Gasteiger partial charge in [0.2, 0.25) is 6.07 Å². The van der Waals surface area contributed by atoms with E-state index < -0.39 is 5.41 Å². The number of hydrogen-bond donors (Lipinski definition) is 0. The molecule has 9 heavy (non-hydrogen) atoms. The third-order valence-electron chi connectivity index (χ3n) is 0.764. The Balaban J connectivity index is 3.74. The molecule has 0 heterocycles. The van der Waals surface area contributed by atoms with Gasteiger partial charge in [0.1, 0.15) is 0 Å². The zero-order chi connectivity index (χ0) is 7.49. The van der Waals surface area contributed by atoms with Crippen molar-refractivity contribution in [1.82, 2.24) is 0 Å². The highest BCUT2D eigenvalue weighted by molar-refractivity contribution is 6.22. The maximum Gasteiger partial charge on any atom is 0.312 e. The molecule has 0 saturated heterocycles. The predicted octanol–water partition coefficient (Wildman–Crippen LogP) is 1.93. The Bertz CT molecular complexity index is 104. The molecular formula is C6H10ClO2. The maximum atomic E-state index is 10.7. The van der Waals surface area contributed by atoms with E-state index >= 15 is 0 Å². The van der Waals surface area contributed by atoms with Gasteiger partial charge in [-0.3, -0.25) is 4.79 Å². The number of esters is 1. The monoisotopic (exact) mass is 149 g/mol. The van der Waals surface area contributed by atoms with Crippen LogP contribution in [0.15, 0.2) is 0 Å². The van der Waals surface area contributed by atoms with E-state index in [1.165, 1.54) is 0 Å². The van der Waals surface area contributed by atoms with Crippen LogP contribution in [0, 0.1) is 11.5 Å². The minimum atomic E-state index is -0.467. The van der Waals surface area contributed by atoms with Crippen molar-refractivity contribution in [3.8, 4) is 0 Å². The molecule has 0 aromatic rings. The van der Waals surface area contributed by atoms with E-state index in [9.17, 15) is 4.79 Å². The van der Waals surface area contributed by atoms with Crippen LogP contribution in [0.3, 0.4) is 0 Å². The largest absolute Gasteiger partial charge is 0.440 e. The first-order valence-electron chi connectivity index (χ1n) is 2.61. The van der Waals surface area contributed by atoms with Crippen molar-refractivity contribution in [3.63, 3.8) is 0 Å². The van der Waals surface area contributed by atoms with E-state index in [1.807, 2.05) is 0 Å². The zero-order valence-corrected chi connectivity index (χ0v) is 6.53. The third kappa shape index (κ3) is 3.36. The van der Waals surface area contributed by atoms with Gasteiger partial charge < -0.3 is 4.74 Å². The second-order valence-corrected chi connectivity index (χ2v) is 2.92. The van der Waals surface area contributed by atoms with Crippen molar-refractivity contribution in [2.24, 2.45) is 5.41 Å². The fraction of sp³-hybridized carbons (Fsp3) is 0.667. The molecule has 53 valence electrons. The van der Waals surface area contributed by atoms with E-state index in [0.717, 1.165) is 6.07 Å². The van der Waals surface area contributed by atoms with Crippen LogP contribution in [0.2, 0.25) is 0 Å². The van der Waals surface area contributed by atoms with Crippen molar-refractivity contribution < 1.29 is 9.53 Å². The second-order valence-electron chi connectivity index (χ2n) is 2.74. The summed E-state index contributed by atoms with van der Waals surface area (Å²) < 4.78 is 4.41. The highest BCUT2D eigenvalue weighted by Gasteiger charge is 2.22. The Morgan fingerprint density at radius 3 is 2.11 bits per heavy atom. The summed E-state index contributed by atoms with van der Waals surface area (Å²) in [7, 11) is 0. The van der Waals surface area contributed by atoms with Crippen molar-refractivity contribution in [2.75, 3.05) is 0 Å². The molecule has 0 aliphatic heterocycles. The first-order valence-corrected chi connectivity index (χ1v) is 3.05. The van der Waals surface area contributed by atoms with Crippen LogP contribution in [-0.2, 0) is 9.53 Å². The maximum absolute atomic E-state index is 10.7. The van der Waals surface area contributed by atoms with Crippen LogP contribution in [0.4, 0.5) is 0 Å². The van der Waals surface area contributed by atoms with Crippen molar-refractivity contribution >= 4 is 17.6 Å². The topological polar surface area (TPSA) is 26.3 Å². The number of carbonyl (C=O) groups is 1. The second kappa shape index (κ2) is 3.06. The van der Waals surface area contributed by atoms with Gasteiger partial charge in [0.25, 0.3) is 0 Å². The molecule has 0 atom stereocenters.